The molecule has 0 atom stereocenters. The second kappa shape index (κ2) is 4.70. The van der Waals surface area contributed by atoms with Crippen molar-refractivity contribution in [1.82, 2.24) is 14.5 Å². The maximum absolute atomic E-state index is 3.86. The molecule has 2 rings (SSSR count). The molecule has 1 fully saturated rings. The molecule has 0 unspecified atom stereocenters. The minimum Gasteiger partial charge on any atom is -0.378 e. The Hall–Kier alpha value is -1.25. The zero-order chi connectivity index (χ0) is 9.68. The van der Waals surface area contributed by atoms with Gasteiger partial charge in [-0.15, -0.1) is 0 Å². The molecule has 3 heteroatoms. The van der Waals surface area contributed by atoms with Gasteiger partial charge in [-0.25, -0.2) is 4.98 Å². The quantitative estimate of drug-likeness (QED) is 0.603. The maximum atomic E-state index is 3.86. The number of aryl methyl sites for hydroxylation is 1. The van der Waals surface area contributed by atoms with Crippen LogP contribution in [-0.2, 0) is 7.05 Å². The van der Waals surface area contributed by atoms with Gasteiger partial charge in [0, 0.05) is 38.7 Å². The van der Waals surface area contributed by atoms with Crippen molar-refractivity contribution in [3.05, 3.63) is 31.0 Å². The molecule has 1 aliphatic heterocycles. The zero-order valence-electron chi connectivity index (χ0n) is 8.40. The molecule has 0 radical (unpaired) electrons. The summed E-state index contributed by atoms with van der Waals surface area (Å²) in [4.78, 5) is 5.99. The van der Waals surface area contributed by atoms with E-state index in [1.165, 1.54) is 25.1 Å². The summed E-state index contributed by atoms with van der Waals surface area (Å²) in [6, 6.07) is 0. The van der Waals surface area contributed by atoms with Crippen LogP contribution in [0.15, 0.2) is 31.0 Å². The Bertz CT molecular complexity index is 251. The largest absolute Gasteiger partial charge is 0.378 e. The number of hydrogen-bond donors (Lipinski definition) is 0. The molecule has 0 aromatic carbocycles. The van der Waals surface area contributed by atoms with Crippen molar-refractivity contribution < 1.29 is 0 Å². The van der Waals surface area contributed by atoms with E-state index in [2.05, 4.69) is 23.5 Å². The minimum atomic E-state index is 1.20. The molecule has 13 heavy (non-hydrogen) atoms. The number of nitrogens with zero attached hydrogens (tertiary/aromatic N) is 3. The third-order valence-corrected chi connectivity index (χ3v) is 2.14. The van der Waals surface area contributed by atoms with Crippen LogP contribution in [0.5, 0.6) is 0 Å². The van der Waals surface area contributed by atoms with E-state index in [0.717, 1.165) is 0 Å². The van der Waals surface area contributed by atoms with Gasteiger partial charge in [0.05, 0.1) is 6.33 Å². The molecule has 0 bridgehead atoms. The van der Waals surface area contributed by atoms with Crippen LogP contribution >= 0.6 is 0 Å². The first-order valence-corrected chi connectivity index (χ1v) is 4.51. The Morgan fingerprint density at radius 1 is 1.46 bits per heavy atom. The first kappa shape index (κ1) is 9.84. The van der Waals surface area contributed by atoms with Gasteiger partial charge in [0.1, 0.15) is 0 Å². The number of imidazole rings is 1. The summed E-state index contributed by atoms with van der Waals surface area (Å²) >= 11 is 0. The van der Waals surface area contributed by atoms with Gasteiger partial charge in [-0.1, -0.05) is 6.58 Å². The molecule has 1 aromatic heterocycles. The summed E-state index contributed by atoms with van der Waals surface area (Å²) in [6.07, 6.45) is 7.89. The second-order valence-electron chi connectivity index (χ2n) is 3.32. The van der Waals surface area contributed by atoms with Crippen molar-refractivity contribution in [3.8, 4) is 0 Å². The molecule has 1 aliphatic rings. The van der Waals surface area contributed by atoms with Gasteiger partial charge in [0.15, 0.2) is 0 Å². The highest BCUT2D eigenvalue weighted by atomic mass is 15.1. The molecule has 1 saturated heterocycles. The minimum absolute atomic E-state index is 1.20. The summed E-state index contributed by atoms with van der Waals surface area (Å²) in [6.45, 7) is 5.07. The van der Waals surface area contributed by atoms with Crippen molar-refractivity contribution in [2.24, 2.45) is 7.05 Å². The van der Waals surface area contributed by atoms with Crippen LogP contribution < -0.4 is 0 Å². The average Bonchev–Trinajstić information content (AvgIpc) is 2.67. The highest BCUT2D eigenvalue weighted by molar-refractivity contribution is 4.97. The van der Waals surface area contributed by atoms with E-state index in [-0.39, 0.29) is 0 Å². The molecule has 2 heterocycles. The van der Waals surface area contributed by atoms with Crippen LogP contribution in [0.2, 0.25) is 0 Å². The average molecular weight is 179 g/mol. The monoisotopic (exact) mass is 179 g/mol. The summed E-state index contributed by atoms with van der Waals surface area (Å²) in [5.41, 5.74) is 1.29. The first-order valence-electron chi connectivity index (χ1n) is 4.51. The molecular formula is C10H17N3. The van der Waals surface area contributed by atoms with Crippen LogP contribution in [0.3, 0.4) is 0 Å². The maximum Gasteiger partial charge on any atom is 0.0943 e. The van der Waals surface area contributed by atoms with Crippen LogP contribution in [0.25, 0.3) is 0 Å². The highest BCUT2D eigenvalue weighted by Gasteiger charge is 2.07. The van der Waals surface area contributed by atoms with Gasteiger partial charge in [-0.05, 0) is 12.8 Å². The van der Waals surface area contributed by atoms with E-state index >= 15 is 0 Å². The lowest BCUT2D eigenvalue weighted by Crippen LogP contribution is -2.08. The van der Waals surface area contributed by atoms with E-state index in [1.807, 2.05) is 17.8 Å². The summed E-state index contributed by atoms with van der Waals surface area (Å²) < 4.78 is 1.89. The molecular weight excluding hydrogens is 162 g/mol. The Morgan fingerprint density at radius 3 is 2.38 bits per heavy atom. The fourth-order valence-corrected chi connectivity index (χ4v) is 1.20. The Kier molecular flexibility index (Phi) is 3.55. The summed E-state index contributed by atoms with van der Waals surface area (Å²) in [5.74, 6) is 0. The molecule has 3 nitrogen and oxygen atoms in total. The Balaban J connectivity index is 0.000000132. The smallest absolute Gasteiger partial charge is 0.0943 e. The van der Waals surface area contributed by atoms with Crippen LogP contribution in [0.1, 0.15) is 12.8 Å². The molecule has 0 amide bonds. The van der Waals surface area contributed by atoms with Crippen LogP contribution in [-0.4, -0.2) is 28.0 Å². The highest BCUT2D eigenvalue weighted by Crippen LogP contribution is 2.14. The standard InChI is InChI=1S/C6H11N.C4H6N2/c1-6-4-3-5-7(6)2;1-6-3-2-5-4-6/h1,3-5H2,2H3;2-4H,1H3. The van der Waals surface area contributed by atoms with Crippen molar-refractivity contribution in [2.75, 3.05) is 13.6 Å². The number of rotatable bonds is 0. The number of allylic oxidation sites excluding steroid dienone is 1. The normalized spacial score (nSPS) is 15.5. The number of likely N-dealkylation sites (tertiary alicyclic amines) is 1. The lowest BCUT2D eigenvalue weighted by Gasteiger charge is -2.08. The topological polar surface area (TPSA) is 21.1 Å². The van der Waals surface area contributed by atoms with E-state index in [0.29, 0.717) is 0 Å². The zero-order valence-corrected chi connectivity index (χ0v) is 8.40. The SMILES string of the molecule is C=C1CCCN1C.Cn1ccnc1. The fraction of sp³-hybridized carbons (Fsp3) is 0.500. The molecule has 0 saturated carbocycles. The van der Waals surface area contributed by atoms with Gasteiger partial charge < -0.3 is 9.47 Å². The summed E-state index contributed by atoms with van der Waals surface area (Å²) in [7, 11) is 4.03. The predicted octanol–water partition coefficient (Wildman–Crippen LogP) is 1.65. The number of hydrogen-bond acceptors (Lipinski definition) is 2. The Morgan fingerprint density at radius 2 is 2.23 bits per heavy atom. The summed E-state index contributed by atoms with van der Waals surface area (Å²) in [5, 5.41) is 0. The van der Waals surface area contributed by atoms with Gasteiger partial charge >= 0.3 is 0 Å². The predicted molar refractivity (Wildman–Crippen MR) is 54.2 cm³/mol. The lowest BCUT2D eigenvalue weighted by atomic mass is 10.3. The van der Waals surface area contributed by atoms with E-state index in [9.17, 15) is 0 Å². The van der Waals surface area contributed by atoms with Crippen molar-refractivity contribution in [1.29, 1.82) is 0 Å². The first-order chi connectivity index (χ1) is 6.20. The van der Waals surface area contributed by atoms with Gasteiger partial charge in [0.25, 0.3) is 0 Å². The van der Waals surface area contributed by atoms with E-state index < -0.39 is 0 Å². The molecule has 0 aliphatic carbocycles. The van der Waals surface area contributed by atoms with Crippen LogP contribution in [0, 0.1) is 0 Å². The van der Waals surface area contributed by atoms with Crippen LogP contribution in [0.4, 0.5) is 0 Å². The molecule has 72 valence electrons. The Labute approximate surface area is 79.7 Å². The molecule has 0 N–H and O–H groups in total. The van der Waals surface area contributed by atoms with Crippen molar-refractivity contribution >= 4 is 0 Å². The molecule has 0 spiro atoms. The van der Waals surface area contributed by atoms with Gasteiger partial charge in [0.2, 0.25) is 0 Å². The fourth-order valence-electron chi connectivity index (χ4n) is 1.20. The van der Waals surface area contributed by atoms with E-state index in [4.69, 9.17) is 0 Å². The van der Waals surface area contributed by atoms with E-state index in [1.54, 1.807) is 12.5 Å². The van der Waals surface area contributed by atoms with Gasteiger partial charge in [-0.3, -0.25) is 0 Å². The van der Waals surface area contributed by atoms with Gasteiger partial charge in [-0.2, -0.15) is 0 Å². The second-order valence-corrected chi connectivity index (χ2v) is 3.32. The van der Waals surface area contributed by atoms with Crippen molar-refractivity contribution in [3.63, 3.8) is 0 Å². The number of aromatic nitrogens is 2. The van der Waals surface area contributed by atoms with Crippen molar-refractivity contribution in [2.45, 2.75) is 12.8 Å². The third-order valence-electron chi connectivity index (χ3n) is 2.14. The molecule has 1 aromatic rings. The third kappa shape index (κ3) is 3.32. The lowest BCUT2D eigenvalue weighted by molar-refractivity contribution is 0.483.